The van der Waals surface area contributed by atoms with Gasteiger partial charge < -0.3 is 15.0 Å². The van der Waals surface area contributed by atoms with Gasteiger partial charge in [0.15, 0.2) is 5.75 Å². The summed E-state index contributed by atoms with van der Waals surface area (Å²) in [5.74, 6) is 0.622. The summed E-state index contributed by atoms with van der Waals surface area (Å²) in [5, 5.41) is 3.54. The molecule has 6 nitrogen and oxygen atoms in total. The molecule has 1 N–H and O–H groups in total. The van der Waals surface area contributed by atoms with Crippen molar-refractivity contribution in [3.8, 4) is 5.75 Å². The quantitative estimate of drug-likeness (QED) is 0.867. The molecule has 138 valence electrons. The Bertz CT molecular complexity index is 914. The topological polar surface area (TPSA) is 61.9 Å². The number of nitrogens with zero attached hydrogens (tertiary/aromatic N) is 2. The van der Waals surface area contributed by atoms with Crippen LogP contribution in [0.2, 0.25) is 5.02 Å². The van der Waals surface area contributed by atoms with Crippen molar-refractivity contribution in [2.45, 2.75) is 4.90 Å². The Morgan fingerprint density at radius 1 is 0.962 bits per heavy atom. The van der Waals surface area contributed by atoms with Crippen molar-refractivity contribution in [1.82, 2.24) is 5.32 Å². The van der Waals surface area contributed by atoms with Crippen molar-refractivity contribution < 1.29 is 13.2 Å². The standard InChI is InChI=1S/C18H20ClN3O3S/c19-14-4-1-2-7-17(14)26(23,24)22-12-13-25-18-15(5-3-6-16(18)22)21-10-8-20-9-11-21/h1-7,20H,8-13H2. The Hall–Kier alpha value is -1.96. The van der Waals surface area contributed by atoms with Gasteiger partial charge in [-0.05, 0) is 24.3 Å². The number of rotatable bonds is 3. The van der Waals surface area contributed by atoms with Crippen molar-refractivity contribution in [1.29, 1.82) is 0 Å². The maximum absolute atomic E-state index is 13.2. The molecule has 2 aliphatic heterocycles. The molecule has 8 heteroatoms. The summed E-state index contributed by atoms with van der Waals surface area (Å²) in [7, 11) is -3.76. The number of fused-ring (bicyclic) bond motifs is 1. The Balaban J connectivity index is 1.77. The van der Waals surface area contributed by atoms with E-state index >= 15 is 0 Å². The number of piperazine rings is 1. The van der Waals surface area contributed by atoms with Gasteiger partial charge in [0.1, 0.15) is 11.5 Å². The molecular weight excluding hydrogens is 374 g/mol. The fourth-order valence-corrected chi connectivity index (χ4v) is 5.33. The smallest absolute Gasteiger partial charge is 0.266 e. The van der Waals surface area contributed by atoms with E-state index in [0.717, 1.165) is 31.9 Å². The highest BCUT2D eigenvalue weighted by molar-refractivity contribution is 7.93. The molecule has 2 aromatic rings. The Kier molecular flexibility index (Phi) is 4.69. The zero-order chi connectivity index (χ0) is 18.1. The molecule has 0 amide bonds. The van der Waals surface area contributed by atoms with E-state index < -0.39 is 10.0 Å². The third-order valence-electron chi connectivity index (χ3n) is 4.65. The van der Waals surface area contributed by atoms with Gasteiger partial charge >= 0.3 is 0 Å². The van der Waals surface area contributed by atoms with E-state index in [2.05, 4.69) is 10.2 Å². The lowest BCUT2D eigenvalue weighted by molar-refractivity contribution is 0.315. The van der Waals surface area contributed by atoms with Crippen LogP contribution in [0.5, 0.6) is 5.75 Å². The summed E-state index contributed by atoms with van der Waals surface area (Å²) >= 11 is 6.16. The van der Waals surface area contributed by atoms with Gasteiger partial charge in [0.2, 0.25) is 0 Å². The number of sulfonamides is 1. The lowest BCUT2D eigenvalue weighted by Gasteiger charge is -2.36. The highest BCUT2D eigenvalue weighted by atomic mass is 35.5. The average molecular weight is 394 g/mol. The lowest BCUT2D eigenvalue weighted by Crippen LogP contribution is -2.44. The number of hydrogen-bond donors (Lipinski definition) is 1. The molecule has 0 bridgehead atoms. The molecule has 2 aliphatic rings. The van der Waals surface area contributed by atoms with Crippen LogP contribution in [0, 0.1) is 0 Å². The Labute approximate surface area is 158 Å². The van der Waals surface area contributed by atoms with Crippen molar-refractivity contribution in [2.24, 2.45) is 0 Å². The summed E-state index contributed by atoms with van der Waals surface area (Å²) < 4.78 is 33.7. The zero-order valence-electron chi connectivity index (χ0n) is 14.2. The van der Waals surface area contributed by atoms with Gasteiger partial charge in [0, 0.05) is 26.2 Å². The molecule has 0 atom stereocenters. The van der Waals surface area contributed by atoms with E-state index in [0.29, 0.717) is 18.0 Å². The molecule has 2 aromatic carbocycles. The van der Waals surface area contributed by atoms with Crippen molar-refractivity contribution in [2.75, 3.05) is 48.5 Å². The third-order valence-corrected chi connectivity index (χ3v) is 6.96. The molecule has 2 heterocycles. The normalized spacial score (nSPS) is 17.6. The second-order valence-electron chi connectivity index (χ2n) is 6.22. The SMILES string of the molecule is O=S(=O)(c1ccccc1Cl)N1CCOc2c(N3CCNCC3)cccc21. The van der Waals surface area contributed by atoms with Gasteiger partial charge in [-0.3, -0.25) is 4.31 Å². The highest BCUT2D eigenvalue weighted by Gasteiger charge is 2.33. The summed E-state index contributed by atoms with van der Waals surface area (Å²) in [6.07, 6.45) is 0. The van der Waals surface area contributed by atoms with Gasteiger partial charge in [-0.1, -0.05) is 29.8 Å². The Morgan fingerprint density at radius 2 is 1.69 bits per heavy atom. The summed E-state index contributed by atoms with van der Waals surface area (Å²) in [4.78, 5) is 2.34. The van der Waals surface area contributed by atoms with Crippen LogP contribution in [0.3, 0.4) is 0 Å². The summed E-state index contributed by atoms with van der Waals surface area (Å²) in [5.41, 5.74) is 1.50. The number of para-hydroxylation sites is 1. The molecule has 0 unspecified atom stereocenters. The molecule has 0 aromatic heterocycles. The number of hydrogen-bond acceptors (Lipinski definition) is 5. The van der Waals surface area contributed by atoms with Crippen LogP contribution < -0.4 is 19.3 Å². The van der Waals surface area contributed by atoms with E-state index in [1.54, 1.807) is 24.3 Å². The Morgan fingerprint density at radius 3 is 2.46 bits per heavy atom. The maximum Gasteiger partial charge on any atom is 0.266 e. The first-order chi connectivity index (χ1) is 12.6. The highest BCUT2D eigenvalue weighted by Crippen LogP contribution is 2.43. The monoisotopic (exact) mass is 393 g/mol. The number of benzene rings is 2. The summed E-state index contributed by atoms with van der Waals surface area (Å²) in [6, 6.07) is 12.2. The second kappa shape index (κ2) is 6.98. The first-order valence-electron chi connectivity index (χ1n) is 8.58. The van der Waals surface area contributed by atoms with Gasteiger partial charge in [-0.2, -0.15) is 0 Å². The van der Waals surface area contributed by atoms with Crippen LogP contribution in [-0.4, -0.2) is 47.7 Å². The minimum absolute atomic E-state index is 0.113. The van der Waals surface area contributed by atoms with Crippen LogP contribution in [0.15, 0.2) is 47.4 Å². The minimum atomic E-state index is -3.76. The number of nitrogens with one attached hydrogen (secondary N) is 1. The fraction of sp³-hybridized carbons (Fsp3) is 0.333. The van der Waals surface area contributed by atoms with Crippen LogP contribution in [-0.2, 0) is 10.0 Å². The maximum atomic E-state index is 13.2. The van der Waals surface area contributed by atoms with Gasteiger partial charge in [0.05, 0.1) is 22.9 Å². The third kappa shape index (κ3) is 3.00. The van der Waals surface area contributed by atoms with Crippen molar-refractivity contribution in [3.05, 3.63) is 47.5 Å². The van der Waals surface area contributed by atoms with Gasteiger partial charge in [0.25, 0.3) is 10.0 Å². The minimum Gasteiger partial charge on any atom is -0.487 e. The second-order valence-corrected chi connectivity index (χ2v) is 8.46. The molecule has 0 aliphatic carbocycles. The van der Waals surface area contributed by atoms with Gasteiger partial charge in [-0.25, -0.2) is 8.42 Å². The van der Waals surface area contributed by atoms with Crippen molar-refractivity contribution in [3.63, 3.8) is 0 Å². The lowest BCUT2D eigenvalue weighted by atomic mass is 10.2. The van der Waals surface area contributed by atoms with Crippen LogP contribution >= 0.6 is 11.6 Å². The number of anilines is 2. The number of halogens is 1. The van der Waals surface area contributed by atoms with E-state index in [9.17, 15) is 8.42 Å². The fourth-order valence-electron chi connectivity index (χ4n) is 3.39. The van der Waals surface area contributed by atoms with E-state index in [1.165, 1.54) is 10.4 Å². The molecule has 1 fully saturated rings. The van der Waals surface area contributed by atoms with E-state index in [1.807, 2.05) is 12.1 Å². The van der Waals surface area contributed by atoms with Gasteiger partial charge in [-0.15, -0.1) is 0 Å². The van der Waals surface area contributed by atoms with Crippen molar-refractivity contribution >= 4 is 33.0 Å². The summed E-state index contributed by atoms with van der Waals surface area (Å²) in [6.45, 7) is 4.07. The number of ether oxygens (including phenoxy) is 1. The zero-order valence-corrected chi connectivity index (χ0v) is 15.8. The molecular formula is C18H20ClN3O3S. The predicted octanol–water partition coefficient (Wildman–Crippen LogP) is 2.34. The van der Waals surface area contributed by atoms with Crippen LogP contribution in [0.1, 0.15) is 0 Å². The largest absolute Gasteiger partial charge is 0.487 e. The molecule has 1 saturated heterocycles. The first kappa shape index (κ1) is 17.5. The van der Waals surface area contributed by atoms with Crippen LogP contribution in [0.25, 0.3) is 0 Å². The molecule has 0 spiro atoms. The van der Waals surface area contributed by atoms with E-state index in [4.69, 9.17) is 16.3 Å². The molecule has 0 radical (unpaired) electrons. The molecule has 4 rings (SSSR count). The molecule has 0 saturated carbocycles. The van der Waals surface area contributed by atoms with E-state index in [-0.39, 0.29) is 16.5 Å². The first-order valence-corrected chi connectivity index (χ1v) is 10.4. The van der Waals surface area contributed by atoms with Crippen LogP contribution in [0.4, 0.5) is 11.4 Å². The molecule has 26 heavy (non-hydrogen) atoms. The predicted molar refractivity (Wildman–Crippen MR) is 103 cm³/mol. The average Bonchev–Trinajstić information content (AvgIpc) is 2.68.